The molecule has 1 aliphatic carbocycles. The van der Waals surface area contributed by atoms with Crippen molar-refractivity contribution in [1.82, 2.24) is 14.5 Å². The van der Waals surface area contributed by atoms with Gasteiger partial charge in [0.2, 0.25) is 6.29 Å². The zero-order valence-corrected chi connectivity index (χ0v) is 34.7. The van der Waals surface area contributed by atoms with Crippen molar-refractivity contribution in [2.24, 2.45) is 9.98 Å². The first-order chi connectivity index (χ1) is 31.7. The van der Waals surface area contributed by atoms with E-state index in [1.165, 1.54) is 5.56 Å². The number of hydrogen-bond acceptors (Lipinski definition) is 4. The largest absolute Gasteiger partial charge is 0.454 e. The summed E-state index contributed by atoms with van der Waals surface area (Å²) in [5, 5.41) is 10.6. The molecular weight excluding hydrogens is 783 g/mol. The highest BCUT2D eigenvalue weighted by molar-refractivity contribution is 6.24. The Morgan fingerprint density at radius 1 is 0.516 bits per heavy atom. The lowest BCUT2D eigenvalue weighted by molar-refractivity contribution is 0.516. The van der Waals surface area contributed by atoms with Gasteiger partial charge >= 0.3 is 0 Å². The summed E-state index contributed by atoms with van der Waals surface area (Å²) >= 11 is 0. The smallest absolute Gasteiger partial charge is 0.204 e. The Morgan fingerprint density at radius 2 is 1.14 bits per heavy atom. The average Bonchev–Trinajstić information content (AvgIpc) is 3.93. The second-order valence-electron chi connectivity index (χ2n) is 16.5. The third-order valence-electron chi connectivity index (χ3n) is 12.8. The van der Waals surface area contributed by atoms with E-state index in [2.05, 4.69) is 215 Å². The fraction of sp³-hybridized carbons (Fsp3) is 0.0345. The van der Waals surface area contributed by atoms with Gasteiger partial charge in [-0.2, -0.15) is 0 Å². The fourth-order valence-electron chi connectivity index (χ4n) is 9.84. The van der Waals surface area contributed by atoms with Gasteiger partial charge in [0.05, 0.1) is 27.8 Å². The lowest BCUT2D eigenvalue weighted by Crippen LogP contribution is -2.36. The van der Waals surface area contributed by atoms with Crippen LogP contribution in [0.4, 0.5) is 0 Å². The predicted molar refractivity (Wildman–Crippen MR) is 265 cm³/mol. The standard InChI is InChI=1S/C58H39N5O/c1-2-6-22-40(21-5-1)56-59-57(41-31-29-39(30-32-41)37-17-7-3-8-18-37)61-58(60-56)63-50-27-15-12-24-44(50)47-34-33-46-43-23-11-14-26-49(43)62(53(46)54(47)63)51-36-42(38-19-9-4-10-20-38)35-48-45-25-13-16-28-52(45)64-55(48)51/h1,3-36,58H,2H2,(H,59,60,61). The van der Waals surface area contributed by atoms with Gasteiger partial charge < -0.3 is 14.3 Å². The van der Waals surface area contributed by atoms with Crippen LogP contribution in [0.15, 0.2) is 232 Å². The third-order valence-corrected chi connectivity index (χ3v) is 12.8. The number of rotatable bonds is 6. The first-order valence-electron chi connectivity index (χ1n) is 21.8. The normalized spacial score (nSPS) is 15.2. The Morgan fingerprint density at radius 3 is 1.92 bits per heavy atom. The minimum Gasteiger partial charge on any atom is -0.454 e. The Bertz CT molecular complexity index is 3820. The highest BCUT2D eigenvalue weighted by atomic mass is 16.3. The topological polar surface area (TPSA) is 59.8 Å². The number of para-hydroxylation sites is 3. The van der Waals surface area contributed by atoms with Crippen molar-refractivity contribution in [2.75, 3.05) is 0 Å². The maximum absolute atomic E-state index is 6.91. The lowest BCUT2D eigenvalue weighted by atomic mass is 10.0. The van der Waals surface area contributed by atoms with E-state index >= 15 is 0 Å². The van der Waals surface area contributed by atoms with E-state index in [9.17, 15) is 0 Å². The molecule has 13 rings (SSSR count). The van der Waals surface area contributed by atoms with Crippen molar-refractivity contribution in [2.45, 2.75) is 12.7 Å². The molecule has 0 bridgehead atoms. The van der Waals surface area contributed by atoms with Crippen LogP contribution in [0.5, 0.6) is 0 Å². The molecule has 1 atom stereocenters. The number of aromatic nitrogens is 2. The molecule has 3 aromatic heterocycles. The Hall–Kier alpha value is -8.48. The number of fused-ring (bicyclic) bond motifs is 10. The van der Waals surface area contributed by atoms with Crippen LogP contribution in [-0.2, 0) is 0 Å². The maximum atomic E-state index is 6.91. The number of aliphatic imine (C=N–C) groups is 2. The first-order valence-corrected chi connectivity index (χ1v) is 21.8. The third kappa shape index (κ3) is 5.73. The minimum absolute atomic E-state index is 0.556. The van der Waals surface area contributed by atoms with E-state index < -0.39 is 6.29 Å². The second-order valence-corrected chi connectivity index (χ2v) is 16.5. The van der Waals surface area contributed by atoms with Crippen LogP contribution >= 0.6 is 0 Å². The van der Waals surface area contributed by atoms with Gasteiger partial charge in [0.1, 0.15) is 11.4 Å². The van der Waals surface area contributed by atoms with Gasteiger partial charge in [-0.3, -0.25) is 4.57 Å². The van der Waals surface area contributed by atoms with Crippen molar-refractivity contribution in [3.63, 3.8) is 0 Å². The summed E-state index contributed by atoms with van der Waals surface area (Å²) in [5.74, 6) is 1.43. The molecule has 8 aromatic carbocycles. The molecule has 0 amide bonds. The molecule has 11 aromatic rings. The molecule has 0 saturated heterocycles. The van der Waals surface area contributed by atoms with E-state index in [0.717, 1.165) is 111 Å². The van der Waals surface area contributed by atoms with Crippen LogP contribution < -0.4 is 5.32 Å². The van der Waals surface area contributed by atoms with Crippen LogP contribution in [0.25, 0.3) is 93.5 Å². The number of benzene rings is 8. The van der Waals surface area contributed by atoms with Gasteiger partial charge in [-0.05, 0) is 59.0 Å². The molecule has 64 heavy (non-hydrogen) atoms. The number of nitrogens with zero attached hydrogens (tertiary/aromatic N) is 4. The van der Waals surface area contributed by atoms with E-state index in [4.69, 9.17) is 14.4 Å². The summed E-state index contributed by atoms with van der Waals surface area (Å²) in [6.45, 7) is 0. The summed E-state index contributed by atoms with van der Waals surface area (Å²) in [4.78, 5) is 10.8. The summed E-state index contributed by atoms with van der Waals surface area (Å²) in [7, 11) is 0. The molecule has 0 fully saturated rings. The van der Waals surface area contributed by atoms with Crippen LogP contribution in [0, 0.1) is 0 Å². The van der Waals surface area contributed by atoms with Gasteiger partial charge in [0.25, 0.3) is 0 Å². The monoisotopic (exact) mass is 821 g/mol. The van der Waals surface area contributed by atoms with Crippen molar-refractivity contribution in [1.29, 1.82) is 0 Å². The minimum atomic E-state index is -0.556. The molecule has 1 unspecified atom stereocenters. The Kier molecular flexibility index (Phi) is 8.24. The Labute approximate surface area is 368 Å². The van der Waals surface area contributed by atoms with Crippen LogP contribution in [0.2, 0.25) is 0 Å². The highest BCUT2D eigenvalue weighted by Crippen LogP contribution is 2.45. The van der Waals surface area contributed by atoms with Crippen molar-refractivity contribution in [3.8, 4) is 27.9 Å². The van der Waals surface area contributed by atoms with E-state index in [0.29, 0.717) is 5.84 Å². The van der Waals surface area contributed by atoms with Gasteiger partial charge in [0.15, 0.2) is 11.4 Å². The average molecular weight is 822 g/mol. The summed E-state index contributed by atoms with van der Waals surface area (Å²) < 4.78 is 11.7. The zero-order valence-electron chi connectivity index (χ0n) is 34.7. The molecule has 1 N–H and O–H groups in total. The summed E-state index contributed by atoms with van der Waals surface area (Å²) in [6, 6.07) is 64.7. The molecule has 0 radical (unpaired) electrons. The Balaban J connectivity index is 1.12. The SMILES string of the molecule is C1=CCC=CC(C2=NC(c3ccc(-c4ccccc4)cc3)=NC(n3c4ccccc4c4ccc5c6ccccc6n(-c6cc(-c7ccccc7)cc7c6oc6ccccc67)c5c43)N2)=C1. The molecule has 6 heteroatoms. The lowest BCUT2D eigenvalue weighted by Gasteiger charge is -2.26. The van der Waals surface area contributed by atoms with E-state index in [-0.39, 0.29) is 0 Å². The van der Waals surface area contributed by atoms with Gasteiger partial charge in [-0.1, -0.05) is 182 Å². The summed E-state index contributed by atoms with van der Waals surface area (Å²) in [6.07, 6.45) is 11.0. The molecule has 2 aliphatic rings. The predicted octanol–water partition coefficient (Wildman–Crippen LogP) is 14.5. The van der Waals surface area contributed by atoms with Crippen molar-refractivity contribution >= 4 is 77.2 Å². The maximum Gasteiger partial charge on any atom is 0.204 e. The molecule has 302 valence electrons. The number of furan rings is 1. The van der Waals surface area contributed by atoms with Crippen molar-refractivity contribution < 1.29 is 4.42 Å². The highest BCUT2D eigenvalue weighted by Gasteiger charge is 2.29. The van der Waals surface area contributed by atoms with Crippen LogP contribution in [-0.4, -0.2) is 20.8 Å². The van der Waals surface area contributed by atoms with Gasteiger partial charge in [0, 0.05) is 43.5 Å². The molecule has 1 aliphatic heterocycles. The number of nitrogens with one attached hydrogen (secondary N) is 1. The zero-order chi connectivity index (χ0) is 42.1. The number of hydrogen-bond donors (Lipinski definition) is 1. The second kappa shape index (κ2) is 14.6. The molecule has 0 saturated carbocycles. The van der Waals surface area contributed by atoms with Gasteiger partial charge in [-0.25, -0.2) is 9.98 Å². The van der Waals surface area contributed by atoms with E-state index in [1.54, 1.807) is 0 Å². The van der Waals surface area contributed by atoms with Crippen LogP contribution in [0.3, 0.4) is 0 Å². The van der Waals surface area contributed by atoms with Gasteiger partial charge in [-0.15, -0.1) is 0 Å². The fourth-order valence-corrected chi connectivity index (χ4v) is 9.84. The quantitative estimate of drug-likeness (QED) is 0.182. The molecule has 4 heterocycles. The van der Waals surface area contributed by atoms with Crippen molar-refractivity contribution in [3.05, 3.63) is 224 Å². The molecular formula is C58H39N5O. The molecule has 6 nitrogen and oxygen atoms in total. The first kappa shape index (κ1) is 36.2. The molecule has 0 spiro atoms. The summed E-state index contributed by atoms with van der Waals surface area (Å²) in [5.41, 5.74) is 13.5. The number of amidine groups is 2. The van der Waals surface area contributed by atoms with Crippen LogP contribution in [0.1, 0.15) is 18.3 Å². The number of allylic oxidation sites excluding steroid dienone is 4. The van der Waals surface area contributed by atoms with E-state index in [1.807, 2.05) is 12.1 Å².